The Bertz CT molecular complexity index is 1600. The number of nitrogens with two attached hydrogens (primary N) is 2. The van der Waals surface area contributed by atoms with E-state index >= 15 is 0 Å². The van der Waals surface area contributed by atoms with Gasteiger partial charge in [0, 0.05) is 34.8 Å². The molecule has 1 fully saturated rings. The largest absolute Gasteiger partial charge is 0.573 e. The van der Waals surface area contributed by atoms with Gasteiger partial charge in [0.15, 0.2) is 15.6 Å². The molecule has 222 valence electrons. The Morgan fingerprint density at radius 2 is 1.78 bits per heavy atom. The van der Waals surface area contributed by atoms with Gasteiger partial charge in [-0.25, -0.2) is 8.42 Å². The molecule has 1 aliphatic rings. The van der Waals surface area contributed by atoms with Gasteiger partial charge in [0.2, 0.25) is 0 Å². The maximum Gasteiger partial charge on any atom is 0.573 e. The smallest absolute Gasteiger partial charge is 0.404 e. The molecule has 0 aliphatic heterocycles. The molecule has 2 aromatic carbocycles. The van der Waals surface area contributed by atoms with Crippen LogP contribution in [-0.4, -0.2) is 44.4 Å². The number of benzene rings is 2. The number of halogens is 6. The molecule has 4 rings (SSSR count). The Hall–Kier alpha value is -3.41. The summed E-state index contributed by atoms with van der Waals surface area (Å²) >= 11 is 0. The number of alkyl halides is 6. The summed E-state index contributed by atoms with van der Waals surface area (Å²) in [5, 5.41) is 3.13. The number of ether oxygens (including phenoxy) is 1. The number of rotatable bonds is 6. The summed E-state index contributed by atoms with van der Waals surface area (Å²) in [6, 6.07) is 9.44. The van der Waals surface area contributed by atoms with Crippen LogP contribution in [0.4, 0.5) is 32.0 Å². The first-order valence-corrected chi connectivity index (χ1v) is 14.4. The third-order valence-electron chi connectivity index (χ3n) is 6.93. The summed E-state index contributed by atoms with van der Waals surface area (Å²) in [6.45, 7) is -1.60. The van der Waals surface area contributed by atoms with Crippen molar-refractivity contribution in [3.63, 3.8) is 0 Å². The molecule has 0 unspecified atom stereocenters. The number of hydrogen-bond acceptors (Lipinski definition) is 6. The molecule has 0 saturated heterocycles. The quantitative estimate of drug-likeness (QED) is 0.270. The topological polar surface area (TPSA) is 112 Å². The molecule has 0 bridgehead atoms. The fourth-order valence-corrected chi connectivity index (χ4v) is 5.60. The van der Waals surface area contributed by atoms with E-state index in [9.17, 15) is 34.8 Å². The second-order valence-corrected chi connectivity index (χ2v) is 12.1. The first kappa shape index (κ1) is 30.5. The predicted octanol–water partition coefficient (Wildman–Crippen LogP) is 5.02. The van der Waals surface area contributed by atoms with Crippen molar-refractivity contribution >= 4 is 26.4 Å². The van der Waals surface area contributed by atoms with E-state index in [-0.39, 0.29) is 24.0 Å². The van der Waals surface area contributed by atoms with Gasteiger partial charge in [0.25, 0.3) is 0 Å². The van der Waals surface area contributed by atoms with Gasteiger partial charge >= 0.3 is 12.5 Å². The van der Waals surface area contributed by atoms with Gasteiger partial charge in [0.05, 0.1) is 22.8 Å². The van der Waals surface area contributed by atoms with Crippen molar-refractivity contribution < 1.29 is 39.5 Å². The summed E-state index contributed by atoms with van der Waals surface area (Å²) in [7, 11) is -3.82. The van der Waals surface area contributed by atoms with Crippen LogP contribution in [0.1, 0.15) is 36.9 Å². The van der Waals surface area contributed by atoms with Crippen LogP contribution >= 0.6 is 0 Å². The van der Waals surface area contributed by atoms with E-state index in [1.54, 1.807) is 18.2 Å². The molecule has 1 aromatic heterocycles. The summed E-state index contributed by atoms with van der Waals surface area (Å²) in [4.78, 5) is -0.390. The van der Waals surface area contributed by atoms with Crippen LogP contribution in [0, 0.1) is 11.8 Å². The highest BCUT2D eigenvalue weighted by molar-refractivity contribution is 7.90. The number of aromatic nitrogens is 1. The molecule has 14 heteroatoms. The van der Waals surface area contributed by atoms with Crippen LogP contribution < -0.4 is 21.5 Å². The molecule has 5 N–H and O–H groups in total. The number of fused-ring (bicyclic) bond motifs is 1. The molecule has 3 aromatic rings. The van der Waals surface area contributed by atoms with Crippen LogP contribution in [0.25, 0.3) is 10.9 Å². The van der Waals surface area contributed by atoms with Crippen molar-refractivity contribution in [2.75, 3.05) is 18.1 Å². The van der Waals surface area contributed by atoms with Crippen molar-refractivity contribution in [2.45, 2.75) is 61.2 Å². The monoisotopic (exact) mass is 602 g/mol. The third kappa shape index (κ3) is 7.46. The Morgan fingerprint density at radius 1 is 1.10 bits per heavy atom. The van der Waals surface area contributed by atoms with E-state index in [1.165, 1.54) is 6.07 Å². The summed E-state index contributed by atoms with van der Waals surface area (Å²) < 4.78 is 108. The van der Waals surface area contributed by atoms with E-state index < -0.39 is 45.1 Å². The minimum absolute atomic E-state index is 0.0132. The minimum Gasteiger partial charge on any atom is -0.404 e. The van der Waals surface area contributed by atoms with Gasteiger partial charge in [0.1, 0.15) is 6.54 Å². The molecule has 1 saturated carbocycles. The maximum absolute atomic E-state index is 13.5. The zero-order chi connectivity index (χ0) is 30.2. The van der Waals surface area contributed by atoms with Crippen molar-refractivity contribution in [1.82, 2.24) is 4.57 Å². The SMILES string of the molecule is CS(=O)(=O)c1ccc(NCC#Cc2cc3c(C4(N)CCC(N)CC4)cccc3n2CC(F)(F)F)c(OC(F)(F)F)c1. The van der Waals surface area contributed by atoms with Crippen LogP contribution in [0.5, 0.6) is 5.75 Å². The van der Waals surface area contributed by atoms with Crippen LogP contribution in [0.15, 0.2) is 47.4 Å². The van der Waals surface area contributed by atoms with Crippen LogP contribution in [0.2, 0.25) is 0 Å². The van der Waals surface area contributed by atoms with Gasteiger partial charge in [-0.05, 0) is 61.4 Å². The molecule has 0 amide bonds. The lowest BCUT2D eigenvalue weighted by Crippen LogP contribution is -2.43. The Morgan fingerprint density at radius 3 is 2.39 bits per heavy atom. The minimum atomic E-state index is -5.10. The molecule has 41 heavy (non-hydrogen) atoms. The Balaban J connectivity index is 1.67. The van der Waals surface area contributed by atoms with Gasteiger partial charge in [-0.1, -0.05) is 18.1 Å². The van der Waals surface area contributed by atoms with Crippen molar-refractivity contribution in [3.05, 3.63) is 53.7 Å². The average molecular weight is 603 g/mol. The van der Waals surface area contributed by atoms with Gasteiger partial charge < -0.3 is 26.1 Å². The Kier molecular flexibility index (Phi) is 8.28. The fraction of sp³-hybridized carbons (Fsp3) is 0.407. The second kappa shape index (κ2) is 11.1. The highest BCUT2D eigenvalue weighted by atomic mass is 32.2. The fourth-order valence-electron chi connectivity index (χ4n) is 4.96. The number of nitrogens with one attached hydrogen (secondary N) is 1. The third-order valence-corrected chi connectivity index (χ3v) is 8.04. The van der Waals surface area contributed by atoms with Gasteiger partial charge in [-0.2, -0.15) is 13.2 Å². The summed E-state index contributed by atoms with van der Waals surface area (Å²) in [5.74, 6) is 4.52. The first-order chi connectivity index (χ1) is 19.0. The molecule has 0 radical (unpaired) electrons. The predicted molar refractivity (Wildman–Crippen MR) is 142 cm³/mol. The first-order valence-electron chi connectivity index (χ1n) is 12.5. The maximum atomic E-state index is 13.5. The lowest BCUT2D eigenvalue weighted by molar-refractivity contribution is -0.274. The second-order valence-electron chi connectivity index (χ2n) is 10.1. The number of nitrogens with zero attached hydrogens (tertiary/aromatic N) is 1. The number of hydrogen-bond donors (Lipinski definition) is 3. The van der Waals surface area contributed by atoms with Crippen molar-refractivity contribution in [3.8, 4) is 17.6 Å². The molecule has 0 spiro atoms. The van der Waals surface area contributed by atoms with Crippen molar-refractivity contribution in [1.29, 1.82) is 0 Å². The zero-order valence-electron chi connectivity index (χ0n) is 21.9. The van der Waals surface area contributed by atoms with Crippen LogP contribution in [0.3, 0.4) is 0 Å². The number of sulfone groups is 1. The number of anilines is 1. The molecular formula is C27H28F6N4O3S. The van der Waals surface area contributed by atoms with Gasteiger partial charge in [-0.15, -0.1) is 13.2 Å². The van der Waals surface area contributed by atoms with E-state index in [1.807, 2.05) is 0 Å². The lowest BCUT2D eigenvalue weighted by atomic mass is 9.75. The molecule has 1 aliphatic carbocycles. The summed E-state index contributed by atoms with van der Waals surface area (Å²) in [5.41, 5.74) is 12.8. The molecule has 1 heterocycles. The standard InChI is InChI=1S/C27H28F6N4O3S/c1-41(38,39)19-7-8-22(24(15-19)40-27(31,32)33)36-13-3-4-18-14-20-21(25(35)11-9-17(34)10-12-25)5-2-6-23(20)37(18)16-26(28,29)30/h2,5-8,14-15,17,36H,9-13,16,34-35H2,1H3. The van der Waals surface area contributed by atoms with Crippen molar-refractivity contribution in [2.24, 2.45) is 11.5 Å². The molecular weight excluding hydrogens is 574 g/mol. The summed E-state index contributed by atoms with van der Waals surface area (Å²) in [6.07, 6.45) is -6.32. The average Bonchev–Trinajstić information content (AvgIpc) is 3.18. The van der Waals surface area contributed by atoms with E-state index in [0.717, 1.165) is 29.0 Å². The van der Waals surface area contributed by atoms with Crippen LogP contribution in [-0.2, 0) is 21.9 Å². The Labute approximate surface area is 232 Å². The highest BCUT2D eigenvalue weighted by Gasteiger charge is 2.35. The van der Waals surface area contributed by atoms with E-state index in [4.69, 9.17) is 11.5 Å². The molecule has 0 atom stereocenters. The van der Waals surface area contributed by atoms with E-state index in [2.05, 4.69) is 21.9 Å². The normalized spacial score (nSPS) is 20.0. The highest BCUT2D eigenvalue weighted by Crippen LogP contribution is 2.39. The van der Waals surface area contributed by atoms with Gasteiger partial charge in [-0.3, -0.25) is 0 Å². The van der Waals surface area contributed by atoms with E-state index in [0.29, 0.717) is 42.1 Å². The molecule has 7 nitrogen and oxygen atoms in total. The lowest BCUT2D eigenvalue weighted by Gasteiger charge is -2.37. The zero-order valence-corrected chi connectivity index (χ0v) is 22.7.